The van der Waals surface area contributed by atoms with Gasteiger partial charge in [-0.1, -0.05) is 26.8 Å². The molecular weight excluding hydrogens is 180 g/mol. The second kappa shape index (κ2) is 4.40. The first-order valence-corrected chi connectivity index (χ1v) is 7.56. The Hall–Kier alpha value is -0.123. The Kier molecular flexibility index (Phi) is 4.36. The monoisotopic (exact) mass is 202 g/mol. The van der Waals surface area contributed by atoms with Gasteiger partial charge < -0.3 is 9.53 Å². The van der Waals surface area contributed by atoms with Crippen molar-refractivity contribution in [2.75, 3.05) is 6.61 Å². The van der Waals surface area contributed by atoms with Crippen molar-refractivity contribution in [3.8, 4) is 0 Å². The molecule has 13 heavy (non-hydrogen) atoms. The SMILES string of the molecule is C=C[C@H](O)CO[Si](C)(C)C(C)(C)C. The Balaban J connectivity index is 4.11. The zero-order valence-corrected chi connectivity index (χ0v) is 10.4. The van der Waals surface area contributed by atoms with Crippen molar-refractivity contribution in [3.05, 3.63) is 12.7 Å². The van der Waals surface area contributed by atoms with E-state index < -0.39 is 14.4 Å². The molecule has 0 fully saturated rings. The van der Waals surface area contributed by atoms with E-state index in [-0.39, 0.29) is 5.04 Å². The predicted octanol–water partition coefficient (Wildman–Crippen LogP) is 2.56. The largest absolute Gasteiger partial charge is 0.414 e. The van der Waals surface area contributed by atoms with Crippen LogP contribution in [0.15, 0.2) is 12.7 Å². The molecule has 0 saturated carbocycles. The van der Waals surface area contributed by atoms with Gasteiger partial charge in [-0.25, -0.2) is 0 Å². The molecule has 1 N–H and O–H groups in total. The molecular formula is C10H22O2Si. The second-order valence-corrected chi connectivity index (χ2v) is 9.68. The zero-order chi connectivity index (χ0) is 10.7. The van der Waals surface area contributed by atoms with Crippen molar-refractivity contribution in [3.63, 3.8) is 0 Å². The summed E-state index contributed by atoms with van der Waals surface area (Å²) in [6.45, 7) is 14.8. The molecule has 0 aliphatic rings. The summed E-state index contributed by atoms with van der Waals surface area (Å²) >= 11 is 0. The summed E-state index contributed by atoms with van der Waals surface area (Å²) < 4.78 is 5.76. The van der Waals surface area contributed by atoms with Crippen LogP contribution in [0.25, 0.3) is 0 Å². The van der Waals surface area contributed by atoms with E-state index in [1.165, 1.54) is 6.08 Å². The van der Waals surface area contributed by atoms with Crippen LogP contribution in [0.3, 0.4) is 0 Å². The fourth-order valence-corrected chi connectivity index (χ4v) is 1.60. The van der Waals surface area contributed by atoms with Gasteiger partial charge in [-0.2, -0.15) is 0 Å². The average molecular weight is 202 g/mol. The van der Waals surface area contributed by atoms with Crippen molar-refractivity contribution in [1.82, 2.24) is 0 Å². The number of hydrogen-bond donors (Lipinski definition) is 1. The third-order valence-electron chi connectivity index (χ3n) is 2.69. The fraction of sp³-hybridized carbons (Fsp3) is 0.800. The Morgan fingerprint density at radius 2 is 1.92 bits per heavy atom. The lowest BCUT2D eigenvalue weighted by Gasteiger charge is -2.36. The summed E-state index contributed by atoms with van der Waals surface area (Å²) in [6.07, 6.45) is 0.974. The normalized spacial score (nSPS) is 15.5. The standard InChI is InChI=1S/C10H22O2Si/c1-7-9(11)8-12-13(5,6)10(2,3)4/h7,9,11H,1,8H2,2-6H3/t9-/m0/s1. The van der Waals surface area contributed by atoms with Crippen molar-refractivity contribution < 1.29 is 9.53 Å². The third kappa shape index (κ3) is 4.07. The highest BCUT2D eigenvalue weighted by atomic mass is 28.4. The van der Waals surface area contributed by atoms with Gasteiger partial charge >= 0.3 is 0 Å². The van der Waals surface area contributed by atoms with E-state index >= 15 is 0 Å². The minimum Gasteiger partial charge on any atom is -0.414 e. The Morgan fingerprint density at radius 3 is 2.23 bits per heavy atom. The van der Waals surface area contributed by atoms with Crippen molar-refractivity contribution >= 4 is 8.32 Å². The van der Waals surface area contributed by atoms with E-state index in [1.54, 1.807) is 0 Å². The summed E-state index contributed by atoms with van der Waals surface area (Å²) in [6, 6.07) is 0. The van der Waals surface area contributed by atoms with Crippen LogP contribution >= 0.6 is 0 Å². The Bertz CT molecular complexity index is 170. The first-order valence-electron chi connectivity index (χ1n) is 4.65. The van der Waals surface area contributed by atoms with Crippen LogP contribution in [-0.2, 0) is 4.43 Å². The molecule has 0 bridgehead atoms. The zero-order valence-electron chi connectivity index (χ0n) is 9.42. The summed E-state index contributed by atoms with van der Waals surface area (Å²) in [4.78, 5) is 0. The minimum absolute atomic E-state index is 0.202. The van der Waals surface area contributed by atoms with E-state index in [9.17, 15) is 5.11 Å². The van der Waals surface area contributed by atoms with Crippen molar-refractivity contribution in [2.24, 2.45) is 0 Å². The molecule has 0 aromatic heterocycles. The molecule has 0 rings (SSSR count). The second-order valence-electron chi connectivity index (χ2n) is 4.87. The lowest BCUT2D eigenvalue weighted by atomic mass is 10.2. The van der Waals surface area contributed by atoms with Gasteiger partial charge in [-0.3, -0.25) is 0 Å². The van der Waals surface area contributed by atoms with E-state index in [0.717, 1.165) is 0 Å². The van der Waals surface area contributed by atoms with E-state index in [2.05, 4.69) is 40.4 Å². The quantitative estimate of drug-likeness (QED) is 0.561. The molecule has 0 unspecified atom stereocenters. The minimum atomic E-state index is -1.69. The number of aliphatic hydroxyl groups is 1. The maximum Gasteiger partial charge on any atom is 0.192 e. The molecule has 0 aromatic rings. The summed E-state index contributed by atoms with van der Waals surface area (Å²) in [5, 5.41) is 9.47. The van der Waals surface area contributed by atoms with Crippen LogP contribution in [0.1, 0.15) is 20.8 Å². The van der Waals surface area contributed by atoms with Crippen LogP contribution in [0.2, 0.25) is 18.1 Å². The molecule has 0 spiro atoms. The van der Waals surface area contributed by atoms with Crippen LogP contribution in [0.5, 0.6) is 0 Å². The Morgan fingerprint density at radius 1 is 1.46 bits per heavy atom. The van der Waals surface area contributed by atoms with Gasteiger partial charge in [0.15, 0.2) is 8.32 Å². The van der Waals surface area contributed by atoms with Gasteiger partial charge in [0.1, 0.15) is 0 Å². The maximum absolute atomic E-state index is 9.27. The highest BCUT2D eigenvalue weighted by molar-refractivity contribution is 6.74. The van der Waals surface area contributed by atoms with Crippen LogP contribution in [-0.4, -0.2) is 26.1 Å². The van der Waals surface area contributed by atoms with Crippen LogP contribution in [0, 0.1) is 0 Å². The molecule has 0 radical (unpaired) electrons. The molecule has 0 aliphatic carbocycles. The smallest absolute Gasteiger partial charge is 0.192 e. The molecule has 78 valence electrons. The first kappa shape index (κ1) is 12.9. The molecule has 3 heteroatoms. The highest BCUT2D eigenvalue weighted by Gasteiger charge is 2.37. The fourth-order valence-electron chi connectivity index (χ4n) is 0.578. The van der Waals surface area contributed by atoms with Gasteiger partial charge in [-0.05, 0) is 18.1 Å². The Labute approximate surface area is 82.7 Å². The molecule has 0 heterocycles. The maximum atomic E-state index is 9.27. The van der Waals surface area contributed by atoms with E-state index in [4.69, 9.17) is 4.43 Å². The lowest BCUT2D eigenvalue weighted by Crippen LogP contribution is -2.42. The molecule has 2 nitrogen and oxygen atoms in total. The van der Waals surface area contributed by atoms with Crippen molar-refractivity contribution in [1.29, 1.82) is 0 Å². The molecule has 0 aromatic carbocycles. The molecule has 0 amide bonds. The molecule has 0 aliphatic heterocycles. The van der Waals surface area contributed by atoms with Gasteiger partial charge in [0.2, 0.25) is 0 Å². The van der Waals surface area contributed by atoms with Crippen molar-refractivity contribution in [2.45, 2.75) is 45.0 Å². The number of hydrogen-bond acceptors (Lipinski definition) is 2. The molecule has 0 saturated heterocycles. The highest BCUT2D eigenvalue weighted by Crippen LogP contribution is 2.36. The average Bonchev–Trinajstić information content (AvgIpc) is 1.98. The summed E-state index contributed by atoms with van der Waals surface area (Å²) in [5.41, 5.74) is 0. The van der Waals surface area contributed by atoms with Crippen LogP contribution in [0.4, 0.5) is 0 Å². The van der Waals surface area contributed by atoms with Gasteiger partial charge in [-0.15, -0.1) is 6.58 Å². The van der Waals surface area contributed by atoms with Gasteiger partial charge in [0.25, 0.3) is 0 Å². The van der Waals surface area contributed by atoms with Gasteiger partial charge in [0.05, 0.1) is 12.7 Å². The number of rotatable bonds is 4. The summed E-state index contributed by atoms with van der Waals surface area (Å²) in [7, 11) is -1.69. The summed E-state index contributed by atoms with van der Waals surface area (Å²) in [5.74, 6) is 0. The van der Waals surface area contributed by atoms with Crippen LogP contribution < -0.4 is 0 Å². The predicted molar refractivity (Wildman–Crippen MR) is 59.4 cm³/mol. The van der Waals surface area contributed by atoms with E-state index in [1.807, 2.05) is 0 Å². The third-order valence-corrected chi connectivity index (χ3v) is 7.19. The first-order chi connectivity index (χ1) is 5.70. The number of aliphatic hydroxyl groups excluding tert-OH is 1. The lowest BCUT2D eigenvalue weighted by molar-refractivity contribution is 0.135. The topological polar surface area (TPSA) is 29.5 Å². The molecule has 1 atom stereocenters. The van der Waals surface area contributed by atoms with E-state index in [0.29, 0.717) is 6.61 Å². The van der Waals surface area contributed by atoms with Gasteiger partial charge in [0, 0.05) is 0 Å².